The average Bonchev–Trinajstić information content (AvgIpc) is 2.87. The van der Waals surface area contributed by atoms with Crippen LogP contribution < -0.4 is 15.4 Å². The zero-order chi connectivity index (χ0) is 30.7. The molecule has 0 spiro atoms. The number of anilines is 2. The molecule has 0 atom stereocenters. The molecule has 0 radical (unpaired) electrons. The Morgan fingerprint density at radius 2 is 1.79 bits per heavy atom. The van der Waals surface area contributed by atoms with Gasteiger partial charge in [0.25, 0.3) is 11.8 Å². The van der Waals surface area contributed by atoms with Crippen molar-refractivity contribution in [1.82, 2.24) is 14.9 Å². The van der Waals surface area contributed by atoms with Crippen molar-refractivity contribution in [1.29, 1.82) is 0 Å². The Bertz CT molecular complexity index is 1600. The SMILES string of the molecule is CC(C)(C)OC(=O)N1CC(COc2cc(S(C)(=O)=O)ccc2C(=O)Nc2cccnc2C(=O)Nc2ccc(Cl)cn2)C1. The summed E-state index contributed by atoms with van der Waals surface area (Å²) in [4.78, 5) is 48.1. The Morgan fingerprint density at radius 3 is 2.43 bits per heavy atom. The van der Waals surface area contributed by atoms with Crippen molar-refractivity contribution >= 4 is 50.9 Å². The highest BCUT2D eigenvalue weighted by molar-refractivity contribution is 7.90. The molecule has 4 rings (SSSR count). The van der Waals surface area contributed by atoms with Gasteiger partial charge in [-0.05, 0) is 63.2 Å². The molecule has 1 saturated heterocycles. The number of amides is 3. The van der Waals surface area contributed by atoms with E-state index in [2.05, 4.69) is 20.6 Å². The molecule has 222 valence electrons. The van der Waals surface area contributed by atoms with Gasteiger partial charge in [0.1, 0.15) is 17.2 Å². The topological polar surface area (TPSA) is 157 Å². The van der Waals surface area contributed by atoms with E-state index in [0.29, 0.717) is 18.1 Å². The minimum absolute atomic E-state index is 0.0325. The number of likely N-dealkylation sites (tertiary alicyclic amines) is 1. The van der Waals surface area contributed by atoms with E-state index in [1.807, 2.05) is 0 Å². The first-order valence-electron chi connectivity index (χ1n) is 12.8. The zero-order valence-corrected chi connectivity index (χ0v) is 25.0. The molecule has 1 aliphatic rings. The molecule has 2 aromatic heterocycles. The molecule has 1 aromatic carbocycles. The Kier molecular flexibility index (Phi) is 9.02. The molecule has 1 fully saturated rings. The molecule has 3 aromatic rings. The molecule has 42 heavy (non-hydrogen) atoms. The number of halogens is 1. The molecule has 0 bridgehead atoms. The molecule has 12 nitrogen and oxygen atoms in total. The number of hydrogen-bond acceptors (Lipinski definition) is 9. The Hall–Kier alpha value is -4.23. The molecule has 14 heteroatoms. The van der Waals surface area contributed by atoms with Crippen molar-refractivity contribution < 1.29 is 32.3 Å². The van der Waals surface area contributed by atoms with Crippen LogP contribution in [0.15, 0.2) is 59.8 Å². The van der Waals surface area contributed by atoms with Gasteiger partial charge in [-0.2, -0.15) is 0 Å². The predicted octanol–water partition coefficient (Wildman–Crippen LogP) is 4.28. The van der Waals surface area contributed by atoms with Crippen molar-refractivity contribution in [3.05, 3.63) is 71.1 Å². The van der Waals surface area contributed by atoms with Crippen LogP contribution in [0.25, 0.3) is 0 Å². The van der Waals surface area contributed by atoms with Gasteiger partial charge in [-0.1, -0.05) is 11.6 Å². The molecule has 3 amide bonds. The summed E-state index contributed by atoms with van der Waals surface area (Å²) in [5.74, 6) is -1.05. The standard InChI is InChI=1S/C28H30ClN5O7S/c1-28(2,3)41-27(37)34-14-17(15-34)16-40-22-12-19(42(4,38)39)8-9-20(22)25(35)32-21-6-5-11-30-24(21)26(36)33-23-10-7-18(29)13-31-23/h5-13,17H,14-16H2,1-4H3,(H,32,35)(H,31,33,36). The van der Waals surface area contributed by atoms with E-state index in [9.17, 15) is 22.8 Å². The number of hydrogen-bond donors (Lipinski definition) is 2. The Morgan fingerprint density at radius 1 is 1.05 bits per heavy atom. The largest absolute Gasteiger partial charge is 0.492 e. The number of rotatable bonds is 8. The van der Waals surface area contributed by atoms with E-state index in [1.165, 1.54) is 47.6 Å². The minimum Gasteiger partial charge on any atom is -0.492 e. The fraction of sp³-hybridized carbons (Fsp3) is 0.321. The quantitative estimate of drug-likeness (QED) is 0.377. The van der Waals surface area contributed by atoms with Crippen LogP contribution in [-0.4, -0.2) is 72.7 Å². The van der Waals surface area contributed by atoms with Gasteiger partial charge < -0.3 is 25.0 Å². The Balaban J connectivity index is 1.49. The van der Waals surface area contributed by atoms with E-state index in [1.54, 1.807) is 32.9 Å². The maximum Gasteiger partial charge on any atom is 0.410 e. The van der Waals surface area contributed by atoms with Crippen molar-refractivity contribution in [2.24, 2.45) is 5.92 Å². The number of benzene rings is 1. The second-order valence-corrected chi connectivity index (χ2v) is 13.1. The van der Waals surface area contributed by atoms with Gasteiger partial charge in [0.15, 0.2) is 15.5 Å². The lowest BCUT2D eigenvalue weighted by atomic mass is 10.0. The van der Waals surface area contributed by atoms with Crippen molar-refractivity contribution in [2.75, 3.05) is 36.6 Å². The molecule has 3 heterocycles. The summed E-state index contributed by atoms with van der Waals surface area (Å²) in [6.45, 7) is 6.25. The van der Waals surface area contributed by atoms with Crippen molar-refractivity contribution in [3.8, 4) is 5.75 Å². The summed E-state index contributed by atoms with van der Waals surface area (Å²) in [6, 6.07) is 10.0. The first kappa shape index (κ1) is 30.7. The van der Waals surface area contributed by atoms with Crippen LogP contribution in [-0.2, 0) is 14.6 Å². The number of nitrogens with one attached hydrogen (secondary N) is 2. The van der Waals surface area contributed by atoms with Crippen molar-refractivity contribution in [3.63, 3.8) is 0 Å². The number of sulfone groups is 1. The van der Waals surface area contributed by atoms with Crippen LogP contribution in [0.3, 0.4) is 0 Å². The highest BCUT2D eigenvalue weighted by Gasteiger charge is 2.34. The summed E-state index contributed by atoms with van der Waals surface area (Å²) >= 11 is 5.84. The van der Waals surface area contributed by atoms with Gasteiger partial charge in [0, 0.05) is 37.7 Å². The van der Waals surface area contributed by atoms with Crippen LogP contribution in [0.5, 0.6) is 5.75 Å². The lowest BCUT2D eigenvalue weighted by molar-refractivity contribution is -0.00785. The normalized spacial score (nSPS) is 13.6. The lowest BCUT2D eigenvalue weighted by Gasteiger charge is -2.39. The fourth-order valence-corrected chi connectivity index (χ4v) is 4.65. The van der Waals surface area contributed by atoms with Gasteiger partial charge in [-0.3, -0.25) is 9.59 Å². The number of aromatic nitrogens is 2. The number of carbonyl (C=O) groups excluding carboxylic acids is 3. The highest BCUT2D eigenvalue weighted by Crippen LogP contribution is 2.27. The van der Waals surface area contributed by atoms with Crippen LogP contribution >= 0.6 is 11.6 Å². The summed E-state index contributed by atoms with van der Waals surface area (Å²) in [5.41, 5.74) is -0.539. The monoisotopic (exact) mass is 615 g/mol. The molecule has 2 N–H and O–H groups in total. The third-order valence-electron chi connectivity index (χ3n) is 5.95. The van der Waals surface area contributed by atoms with Gasteiger partial charge in [-0.15, -0.1) is 0 Å². The van der Waals surface area contributed by atoms with Crippen LogP contribution in [0.1, 0.15) is 41.6 Å². The van der Waals surface area contributed by atoms with E-state index in [-0.39, 0.29) is 45.9 Å². The van der Waals surface area contributed by atoms with E-state index >= 15 is 0 Å². The first-order chi connectivity index (χ1) is 19.7. The second-order valence-electron chi connectivity index (χ2n) is 10.7. The number of pyridine rings is 2. The van der Waals surface area contributed by atoms with E-state index in [0.717, 1.165) is 6.26 Å². The highest BCUT2D eigenvalue weighted by atomic mass is 35.5. The average molecular weight is 616 g/mol. The maximum absolute atomic E-state index is 13.4. The summed E-state index contributed by atoms with van der Waals surface area (Å²) in [5, 5.41) is 5.65. The summed E-state index contributed by atoms with van der Waals surface area (Å²) < 4.78 is 35.7. The van der Waals surface area contributed by atoms with Crippen LogP contribution in [0, 0.1) is 5.92 Å². The third-order valence-corrected chi connectivity index (χ3v) is 7.28. The molecule has 0 aliphatic carbocycles. The van der Waals surface area contributed by atoms with E-state index in [4.69, 9.17) is 21.1 Å². The maximum atomic E-state index is 13.4. The molecule has 0 unspecified atom stereocenters. The summed E-state index contributed by atoms with van der Waals surface area (Å²) in [7, 11) is -3.60. The van der Waals surface area contributed by atoms with Gasteiger partial charge in [0.2, 0.25) is 0 Å². The van der Waals surface area contributed by atoms with Gasteiger partial charge in [-0.25, -0.2) is 23.2 Å². The van der Waals surface area contributed by atoms with Crippen molar-refractivity contribution in [2.45, 2.75) is 31.3 Å². The molecular weight excluding hydrogens is 586 g/mol. The number of ether oxygens (including phenoxy) is 2. The fourth-order valence-electron chi connectivity index (χ4n) is 3.90. The number of carbonyl (C=O) groups is 3. The first-order valence-corrected chi connectivity index (χ1v) is 15.1. The smallest absolute Gasteiger partial charge is 0.410 e. The Labute approximate surface area is 248 Å². The number of nitrogens with zero attached hydrogens (tertiary/aromatic N) is 3. The predicted molar refractivity (Wildman–Crippen MR) is 156 cm³/mol. The van der Waals surface area contributed by atoms with Crippen LogP contribution in [0.2, 0.25) is 5.02 Å². The molecule has 0 saturated carbocycles. The third kappa shape index (κ3) is 7.95. The van der Waals surface area contributed by atoms with Crippen LogP contribution in [0.4, 0.5) is 16.3 Å². The minimum atomic E-state index is -3.60. The van der Waals surface area contributed by atoms with Gasteiger partial charge >= 0.3 is 6.09 Å². The second kappa shape index (κ2) is 12.3. The molecular formula is C28H30ClN5O7S. The zero-order valence-electron chi connectivity index (χ0n) is 23.4. The van der Waals surface area contributed by atoms with E-state index < -0.39 is 33.3 Å². The van der Waals surface area contributed by atoms with Gasteiger partial charge in [0.05, 0.1) is 27.8 Å². The lowest BCUT2D eigenvalue weighted by Crippen LogP contribution is -2.53. The molecule has 1 aliphatic heterocycles. The summed E-state index contributed by atoms with van der Waals surface area (Å²) in [6.07, 6.45) is 3.39.